The molecule has 0 saturated heterocycles. The summed E-state index contributed by atoms with van der Waals surface area (Å²) >= 11 is 7.71. The second kappa shape index (κ2) is 4.05. The minimum absolute atomic E-state index is 0.460. The molecule has 3 nitrogen and oxygen atoms in total. The Bertz CT molecular complexity index is 864. The van der Waals surface area contributed by atoms with Crippen LogP contribution in [-0.4, -0.2) is 9.97 Å². The molecule has 0 unspecified atom stereocenters. The third-order valence-corrected chi connectivity index (χ3v) is 4.02. The third-order valence-electron chi connectivity index (χ3n) is 2.92. The number of aromatic nitrogens is 2. The Kier molecular flexibility index (Phi) is 2.33. The Hall–Kier alpha value is -1.91. The molecule has 3 aromatic heterocycles. The number of fused-ring (bicyclic) bond motifs is 2. The van der Waals surface area contributed by atoms with Crippen LogP contribution in [0.15, 0.2) is 46.2 Å². The quantitative estimate of drug-likeness (QED) is 0.474. The number of para-hydroxylation sites is 1. The maximum atomic E-state index is 6.17. The van der Waals surface area contributed by atoms with Gasteiger partial charge in [0, 0.05) is 10.8 Å². The van der Waals surface area contributed by atoms with E-state index >= 15 is 0 Å². The van der Waals surface area contributed by atoms with Crippen LogP contribution in [0.3, 0.4) is 0 Å². The van der Waals surface area contributed by atoms with Gasteiger partial charge < -0.3 is 4.42 Å². The first-order valence-corrected chi connectivity index (χ1v) is 6.97. The van der Waals surface area contributed by atoms with Gasteiger partial charge in [0.15, 0.2) is 11.6 Å². The van der Waals surface area contributed by atoms with E-state index < -0.39 is 0 Å². The summed E-state index contributed by atoms with van der Waals surface area (Å²) < 4.78 is 5.76. The van der Waals surface area contributed by atoms with E-state index in [1.807, 2.05) is 41.8 Å². The van der Waals surface area contributed by atoms with E-state index in [-0.39, 0.29) is 0 Å². The lowest BCUT2D eigenvalue weighted by atomic mass is 10.2. The summed E-state index contributed by atoms with van der Waals surface area (Å²) in [5.74, 6) is 1.16. The Labute approximate surface area is 117 Å². The number of thiophene rings is 1. The van der Waals surface area contributed by atoms with Crippen LogP contribution in [0, 0.1) is 0 Å². The number of halogens is 1. The lowest BCUT2D eigenvalue weighted by molar-refractivity contribution is 0.626. The Morgan fingerprint density at radius 1 is 1.11 bits per heavy atom. The third kappa shape index (κ3) is 1.72. The van der Waals surface area contributed by atoms with Crippen molar-refractivity contribution in [2.75, 3.05) is 0 Å². The minimum atomic E-state index is 0.460. The zero-order valence-corrected chi connectivity index (χ0v) is 11.2. The predicted molar refractivity (Wildman–Crippen MR) is 77.6 cm³/mol. The first-order chi connectivity index (χ1) is 9.31. The standard InChI is InChI=1S/C14H7ClN2OS/c15-12-9-5-6-19-14(9)17-13(16-12)11-7-8-3-1-2-4-10(8)18-11/h1-7H. The zero-order chi connectivity index (χ0) is 12.8. The van der Waals surface area contributed by atoms with E-state index in [1.165, 1.54) is 11.3 Å². The summed E-state index contributed by atoms with van der Waals surface area (Å²) in [6.45, 7) is 0. The maximum Gasteiger partial charge on any atom is 0.198 e. The molecule has 0 spiro atoms. The summed E-state index contributed by atoms with van der Waals surface area (Å²) in [4.78, 5) is 9.67. The fourth-order valence-corrected chi connectivity index (χ4v) is 3.07. The lowest BCUT2D eigenvalue weighted by Gasteiger charge is -1.97. The van der Waals surface area contributed by atoms with Gasteiger partial charge in [0.2, 0.25) is 0 Å². The van der Waals surface area contributed by atoms with E-state index in [9.17, 15) is 0 Å². The second-order valence-electron chi connectivity index (χ2n) is 4.13. The van der Waals surface area contributed by atoms with Crippen molar-refractivity contribution < 1.29 is 4.42 Å². The highest BCUT2D eigenvalue weighted by Crippen LogP contribution is 2.30. The number of hydrogen-bond acceptors (Lipinski definition) is 4. The van der Waals surface area contributed by atoms with Crippen molar-refractivity contribution in [1.29, 1.82) is 0 Å². The molecule has 0 aliphatic heterocycles. The van der Waals surface area contributed by atoms with Gasteiger partial charge in [-0.15, -0.1) is 11.3 Å². The van der Waals surface area contributed by atoms with Crippen LogP contribution in [0.4, 0.5) is 0 Å². The fraction of sp³-hybridized carbons (Fsp3) is 0. The van der Waals surface area contributed by atoms with Gasteiger partial charge in [-0.25, -0.2) is 9.97 Å². The highest BCUT2D eigenvalue weighted by molar-refractivity contribution is 7.16. The number of rotatable bonds is 1. The molecule has 0 aliphatic rings. The molecule has 0 amide bonds. The molecule has 0 bridgehead atoms. The molecule has 0 aliphatic carbocycles. The maximum absolute atomic E-state index is 6.17. The monoisotopic (exact) mass is 286 g/mol. The van der Waals surface area contributed by atoms with Crippen molar-refractivity contribution >= 4 is 44.1 Å². The van der Waals surface area contributed by atoms with Crippen LogP contribution >= 0.6 is 22.9 Å². The molecule has 0 N–H and O–H groups in total. The summed E-state index contributed by atoms with van der Waals surface area (Å²) in [5, 5.41) is 4.32. The van der Waals surface area contributed by atoms with Crippen LogP contribution in [-0.2, 0) is 0 Å². The molecule has 92 valence electrons. The van der Waals surface area contributed by atoms with E-state index in [0.29, 0.717) is 16.7 Å². The van der Waals surface area contributed by atoms with E-state index in [1.54, 1.807) is 0 Å². The van der Waals surface area contributed by atoms with E-state index in [0.717, 1.165) is 21.2 Å². The summed E-state index contributed by atoms with van der Waals surface area (Å²) in [5.41, 5.74) is 0.823. The summed E-state index contributed by atoms with van der Waals surface area (Å²) in [7, 11) is 0. The normalized spacial score (nSPS) is 11.4. The molecule has 19 heavy (non-hydrogen) atoms. The highest BCUT2D eigenvalue weighted by Gasteiger charge is 2.12. The van der Waals surface area contributed by atoms with Crippen molar-refractivity contribution in [3.63, 3.8) is 0 Å². The van der Waals surface area contributed by atoms with Crippen LogP contribution in [0.5, 0.6) is 0 Å². The molecule has 5 heteroatoms. The molecule has 0 saturated carbocycles. The average molecular weight is 287 g/mol. The molecule has 4 aromatic rings. The van der Waals surface area contributed by atoms with Gasteiger partial charge in [-0.3, -0.25) is 0 Å². The smallest absolute Gasteiger partial charge is 0.198 e. The van der Waals surface area contributed by atoms with Crippen molar-refractivity contribution in [2.24, 2.45) is 0 Å². The number of hydrogen-bond donors (Lipinski definition) is 0. The van der Waals surface area contributed by atoms with Crippen molar-refractivity contribution in [3.8, 4) is 11.6 Å². The van der Waals surface area contributed by atoms with Crippen LogP contribution in [0.25, 0.3) is 32.8 Å². The van der Waals surface area contributed by atoms with Crippen LogP contribution < -0.4 is 0 Å². The largest absolute Gasteiger partial charge is 0.453 e. The zero-order valence-electron chi connectivity index (χ0n) is 9.63. The first kappa shape index (κ1) is 11.0. The Morgan fingerprint density at radius 3 is 2.89 bits per heavy atom. The van der Waals surface area contributed by atoms with E-state index in [2.05, 4.69) is 9.97 Å². The number of benzene rings is 1. The van der Waals surface area contributed by atoms with Crippen LogP contribution in [0.2, 0.25) is 5.15 Å². The Balaban J connectivity index is 1.97. The molecule has 0 atom stereocenters. The van der Waals surface area contributed by atoms with Crippen LogP contribution in [0.1, 0.15) is 0 Å². The van der Waals surface area contributed by atoms with Gasteiger partial charge in [0.25, 0.3) is 0 Å². The molecular formula is C14H7ClN2OS. The molecule has 0 radical (unpaired) electrons. The van der Waals surface area contributed by atoms with Gasteiger partial charge >= 0.3 is 0 Å². The number of furan rings is 1. The highest BCUT2D eigenvalue weighted by atomic mass is 35.5. The SMILES string of the molecule is Clc1nc(-c2cc3ccccc3o2)nc2sccc12. The first-order valence-electron chi connectivity index (χ1n) is 5.71. The average Bonchev–Trinajstić information content (AvgIpc) is 3.04. The Morgan fingerprint density at radius 2 is 2.00 bits per heavy atom. The minimum Gasteiger partial charge on any atom is -0.453 e. The van der Waals surface area contributed by atoms with E-state index in [4.69, 9.17) is 16.0 Å². The van der Waals surface area contributed by atoms with Crippen molar-refractivity contribution in [1.82, 2.24) is 9.97 Å². The van der Waals surface area contributed by atoms with Gasteiger partial charge in [0.1, 0.15) is 15.6 Å². The molecule has 3 heterocycles. The summed E-state index contributed by atoms with van der Waals surface area (Å²) in [6, 6.07) is 11.7. The molecular weight excluding hydrogens is 280 g/mol. The van der Waals surface area contributed by atoms with Crippen molar-refractivity contribution in [2.45, 2.75) is 0 Å². The molecule has 0 fully saturated rings. The predicted octanol–water partition coefficient (Wildman–Crippen LogP) is 4.76. The topological polar surface area (TPSA) is 38.9 Å². The summed E-state index contributed by atoms with van der Waals surface area (Å²) in [6.07, 6.45) is 0. The van der Waals surface area contributed by atoms with Gasteiger partial charge in [-0.05, 0) is 23.6 Å². The van der Waals surface area contributed by atoms with Crippen molar-refractivity contribution in [3.05, 3.63) is 46.9 Å². The molecule has 1 aromatic carbocycles. The fourth-order valence-electron chi connectivity index (χ4n) is 2.02. The number of nitrogens with zero attached hydrogens (tertiary/aromatic N) is 2. The van der Waals surface area contributed by atoms with Gasteiger partial charge in [-0.1, -0.05) is 29.8 Å². The lowest BCUT2D eigenvalue weighted by Crippen LogP contribution is -1.87. The molecule has 4 rings (SSSR count). The second-order valence-corrected chi connectivity index (χ2v) is 5.38. The van der Waals surface area contributed by atoms with Gasteiger partial charge in [0.05, 0.1) is 0 Å². The van der Waals surface area contributed by atoms with Gasteiger partial charge in [-0.2, -0.15) is 0 Å².